The van der Waals surface area contributed by atoms with Crippen LogP contribution in [0.1, 0.15) is 310 Å². The highest BCUT2D eigenvalue weighted by Crippen LogP contribution is 2.16. The lowest BCUT2D eigenvalue weighted by atomic mass is 10.0. The lowest BCUT2D eigenvalue weighted by Crippen LogP contribution is -2.30. The van der Waals surface area contributed by atoms with Crippen LogP contribution in [-0.2, 0) is 28.6 Å². The van der Waals surface area contributed by atoms with Gasteiger partial charge < -0.3 is 14.2 Å². The summed E-state index contributed by atoms with van der Waals surface area (Å²) in [6.45, 7) is 6.66. The van der Waals surface area contributed by atoms with E-state index in [9.17, 15) is 14.4 Å². The van der Waals surface area contributed by atoms with Crippen molar-refractivity contribution in [3.8, 4) is 0 Å². The van der Waals surface area contributed by atoms with E-state index in [0.29, 0.717) is 19.3 Å². The van der Waals surface area contributed by atoms with Crippen molar-refractivity contribution >= 4 is 17.9 Å². The maximum absolute atomic E-state index is 12.8. The maximum atomic E-state index is 12.8. The molecule has 0 aromatic rings. The average molecular weight is 901 g/mol. The summed E-state index contributed by atoms with van der Waals surface area (Å²) in [7, 11) is 0. The van der Waals surface area contributed by atoms with Gasteiger partial charge in [0.25, 0.3) is 0 Å². The van der Waals surface area contributed by atoms with Gasteiger partial charge in [-0.25, -0.2) is 0 Å². The quantitative estimate of drug-likeness (QED) is 0.0262. The summed E-state index contributed by atoms with van der Waals surface area (Å²) in [5.74, 6) is -0.861. The predicted octanol–water partition coefficient (Wildman–Crippen LogP) is 18.7. The van der Waals surface area contributed by atoms with Crippen LogP contribution in [0.25, 0.3) is 0 Å². The zero-order valence-electron chi connectivity index (χ0n) is 43.1. The molecule has 0 saturated carbocycles. The third kappa shape index (κ3) is 50.9. The van der Waals surface area contributed by atoms with Crippen LogP contribution in [-0.4, -0.2) is 37.2 Å². The molecule has 0 spiro atoms. The van der Waals surface area contributed by atoms with Crippen LogP contribution < -0.4 is 0 Å². The summed E-state index contributed by atoms with van der Waals surface area (Å²) in [4.78, 5) is 38.1. The first-order chi connectivity index (χ1) is 31.5. The van der Waals surface area contributed by atoms with Gasteiger partial charge in [0.1, 0.15) is 13.2 Å². The fourth-order valence-electron chi connectivity index (χ4n) is 8.37. The van der Waals surface area contributed by atoms with Crippen molar-refractivity contribution in [2.75, 3.05) is 13.2 Å². The molecule has 64 heavy (non-hydrogen) atoms. The van der Waals surface area contributed by atoms with Crippen molar-refractivity contribution in [1.82, 2.24) is 0 Å². The van der Waals surface area contributed by atoms with E-state index in [1.165, 1.54) is 212 Å². The summed E-state index contributed by atoms with van der Waals surface area (Å²) in [5.41, 5.74) is 0. The molecule has 0 bridgehead atoms. The van der Waals surface area contributed by atoms with Crippen molar-refractivity contribution in [3.05, 3.63) is 24.3 Å². The van der Waals surface area contributed by atoms with Crippen molar-refractivity contribution in [2.45, 2.75) is 316 Å². The van der Waals surface area contributed by atoms with E-state index < -0.39 is 6.10 Å². The Morgan fingerprint density at radius 2 is 0.516 bits per heavy atom. The fraction of sp³-hybridized carbons (Fsp3) is 0.879. The SMILES string of the molecule is CCCCCC/C=C/CCCCCCCCCC(=O)O[C@@H](COC(=O)CCCCCCCCC/C=C/CCCCCCCC)COC(=O)CCCCCCCCCCCCCCCC. The molecule has 6 heteroatoms. The molecule has 0 N–H and O–H groups in total. The number of allylic oxidation sites excluding steroid dienone is 4. The van der Waals surface area contributed by atoms with Crippen molar-refractivity contribution < 1.29 is 28.6 Å². The van der Waals surface area contributed by atoms with E-state index in [1.807, 2.05) is 0 Å². The van der Waals surface area contributed by atoms with E-state index in [1.54, 1.807) is 0 Å². The minimum absolute atomic E-state index is 0.0700. The Bertz CT molecular complexity index is 1040. The van der Waals surface area contributed by atoms with Gasteiger partial charge in [-0.15, -0.1) is 0 Å². The first-order valence-electron chi connectivity index (χ1n) is 28.3. The van der Waals surface area contributed by atoms with Gasteiger partial charge in [-0.2, -0.15) is 0 Å². The van der Waals surface area contributed by atoms with Gasteiger partial charge in [-0.1, -0.05) is 244 Å². The minimum atomic E-state index is -0.771. The summed E-state index contributed by atoms with van der Waals surface area (Å²) < 4.78 is 16.9. The van der Waals surface area contributed by atoms with Crippen LogP contribution in [0.3, 0.4) is 0 Å². The molecule has 0 radical (unpaired) electrons. The summed E-state index contributed by atoms with van der Waals surface area (Å²) in [6.07, 6.45) is 61.6. The Hall–Kier alpha value is -2.11. The highest BCUT2D eigenvalue weighted by Gasteiger charge is 2.19. The number of hydrogen-bond acceptors (Lipinski definition) is 6. The fourth-order valence-corrected chi connectivity index (χ4v) is 8.37. The van der Waals surface area contributed by atoms with E-state index in [4.69, 9.17) is 14.2 Å². The number of ether oxygens (including phenoxy) is 3. The second-order valence-electron chi connectivity index (χ2n) is 19.2. The molecule has 6 nitrogen and oxygen atoms in total. The largest absolute Gasteiger partial charge is 0.462 e. The molecule has 0 aliphatic heterocycles. The molecule has 0 aromatic heterocycles. The van der Waals surface area contributed by atoms with E-state index >= 15 is 0 Å². The van der Waals surface area contributed by atoms with E-state index in [-0.39, 0.29) is 31.1 Å². The molecule has 0 aromatic carbocycles. The molecule has 376 valence electrons. The number of carbonyl (C=O) groups excluding carboxylic acids is 3. The highest BCUT2D eigenvalue weighted by molar-refractivity contribution is 5.71. The summed E-state index contributed by atoms with van der Waals surface area (Å²) in [6, 6.07) is 0. The first kappa shape index (κ1) is 61.9. The van der Waals surface area contributed by atoms with Crippen LogP contribution in [0.5, 0.6) is 0 Å². The molecule has 0 rings (SSSR count). The van der Waals surface area contributed by atoms with E-state index in [0.717, 1.165) is 57.8 Å². The van der Waals surface area contributed by atoms with Gasteiger partial charge in [0.05, 0.1) is 0 Å². The van der Waals surface area contributed by atoms with Crippen LogP contribution in [0, 0.1) is 0 Å². The third-order valence-corrected chi connectivity index (χ3v) is 12.7. The van der Waals surface area contributed by atoms with Gasteiger partial charge >= 0.3 is 17.9 Å². The zero-order chi connectivity index (χ0) is 46.5. The Labute approximate surface area is 398 Å². The summed E-state index contributed by atoms with van der Waals surface area (Å²) >= 11 is 0. The molecule has 1 atom stereocenters. The number of rotatable bonds is 52. The smallest absolute Gasteiger partial charge is 0.306 e. The molecular formula is C58H108O6. The van der Waals surface area contributed by atoms with Crippen LogP contribution in [0.4, 0.5) is 0 Å². The van der Waals surface area contributed by atoms with Gasteiger partial charge in [0, 0.05) is 19.3 Å². The molecule has 0 fully saturated rings. The third-order valence-electron chi connectivity index (χ3n) is 12.7. The van der Waals surface area contributed by atoms with Gasteiger partial charge in [0.2, 0.25) is 0 Å². The van der Waals surface area contributed by atoms with Gasteiger partial charge in [-0.05, 0) is 70.6 Å². The van der Waals surface area contributed by atoms with Crippen LogP contribution in [0.15, 0.2) is 24.3 Å². The molecule has 0 amide bonds. The first-order valence-corrected chi connectivity index (χ1v) is 28.3. The number of hydrogen-bond donors (Lipinski definition) is 0. The molecule has 0 aliphatic rings. The Morgan fingerprint density at radius 3 is 0.797 bits per heavy atom. The molecule has 0 aliphatic carbocycles. The second kappa shape index (κ2) is 53.5. The number of esters is 3. The average Bonchev–Trinajstić information content (AvgIpc) is 3.29. The van der Waals surface area contributed by atoms with Crippen molar-refractivity contribution in [1.29, 1.82) is 0 Å². The second-order valence-corrected chi connectivity index (χ2v) is 19.2. The van der Waals surface area contributed by atoms with Crippen LogP contribution >= 0.6 is 0 Å². The van der Waals surface area contributed by atoms with Gasteiger partial charge in [-0.3, -0.25) is 14.4 Å². The lowest BCUT2D eigenvalue weighted by Gasteiger charge is -2.18. The number of unbranched alkanes of at least 4 members (excludes halogenated alkanes) is 37. The normalized spacial score (nSPS) is 12.1. The summed E-state index contributed by atoms with van der Waals surface area (Å²) in [5, 5.41) is 0. The van der Waals surface area contributed by atoms with Gasteiger partial charge in [0.15, 0.2) is 6.10 Å². The minimum Gasteiger partial charge on any atom is -0.462 e. The molecular weight excluding hydrogens is 793 g/mol. The Kier molecular flexibility index (Phi) is 51.7. The molecule has 0 heterocycles. The zero-order valence-corrected chi connectivity index (χ0v) is 43.1. The van der Waals surface area contributed by atoms with Crippen LogP contribution in [0.2, 0.25) is 0 Å². The lowest BCUT2D eigenvalue weighted by molar-refractivity contribution is -0.167. The Balaban J connectivity index is 4.34. The molecule has 0 unspecified atom stereocenters. The van der Waals surface area contributed by atoms with E-state index in [2.05, 4.69) is 45.1 Å². The highest BCUT2D eigenvalue weighted by atomic mass is 16.6. The maximum Gasteiger partial charge on any atom is 0.306 e. The standard InChI is InChI=1S/C58H108O6/c1-4-7-10-13-16-19-22-25-28-29-31-33-36-39-42-45-48-51-57(60)63-54-55(53-62-56(59)50-47-44-41-38-35-32-27-24-21-18-15-12-9-6-3)64-58(61)52-49-46-43-40-37-34-30-26-23-20-17-14-11-8-5-2/h20,23,25,28,55H,4-19,21-22,24,26-27,29-54H2,1-3H3/b23-20+,28-25+/t55-/m1/s1. The monoisotopic (exact) mass is 901 g/mol. The van der Waals surface area contributed by atoms with Crippen molar-refractivity contribution in [2.24, 2.45) is 0 Å². The number of carbonyl (C=O) groups is 3. The Morgan fingerprint density at radius 1 is 0.297 bits per heavy atom. The molecule has 0 saturated heterocycles. The van der Waals surface area contributed by atoms with Crippen molar-refractivity contribution in [3.63, 3.8) is 0 Å². The predicted molar refractivity (Wildman–Crippen MR) is 275 cm³/mol. The topological polar surface area (TPSA) is 78.9 Å².